The van der Waals surface area contributed by atoms with E-state index in [1.165, 1.54) is 36.4 Å². The topological polar surface area (TPSA) is 118 Å². The number of rotatable bonds is 6. The third kappa shape index (κ3) is 5.02. The quantitative estimate of drug-likeness (QED) is 0.383. The number of nitrogens with one attached hydrogen (secondary N) is 2. The second-order valence-corrected chi connectivity index (χ2v) is 8.92. The normalized spacial score (nSPS) is 11.0. The standard InChI is InChI=1S/C20H16BrN3O5S/c1-13-2-3-14(20(25)22-16-8-10-18(11-9-16)24(26)27)12-19(13)30(28,29)23-17-6-4-15(21)5-7-17/h2-12,23H,1H3,(H,22,25). The molecule has 1 amide bonds. The maximum Gasteiger partial charge on any atom is 0.269 e. The zero-order valence-corrected chi connectivity index (χ0v) is 18.0. The van der Waals surface area contributed by atoms with E-state index in [-0.39, 0.29) is 16.1 Å². The van der Waals surface area contributed by atoms with Crippen molar-refractivity contribution in [1.29, 1.82) is 0 Å². The van der Waals surface area contributed by atoms with Crippen LogP contribution in [-0.2, 0) is 10.0 Å². The molecule has 0 heterocycles. The molecule has 0 radical (unpaired) electrons. The Hall–Kier alpha value is -3.24. The molecule has 10 heteroatoms. The number of hydrogen-bond acceptors (Lipinski definition) is 5. The van der Waals surface area contributed by atoms with Gasteiger partial charge in [0.25, 0.3) is 21.6 Å². The Morgan fingerprint density at radius 2 is 1.57 bits per heavy atom. The molecule has 3 aromatic carbocycles. The fraction of sp³-hybridized carbons (Fsp3) is 0.0500. The predicted octanol–water partition coefficient (Wildman–Crippen LogP) is 4.72. The van der Waals surface area contributed by atoms with Gasteiger partial charge in [-0.05, 0) is 61.0 Å². The number of sulfonamides is 1. The van der Waals surface area contributed by atoms with Crippen LogP contribution < -0.4 is 10.0 Å². The monoisotopic (exact) mass is 489 g/mol. The molecular weight excluding hydrogens is 474 g/mol. The Bertz CT molecular complexity index is 1210. The van der Waals surface area contributed by atoms with Gasteiger partial charge in [0.15, 0.2) is 0 Å². The molecule has 0 atom stereocenters. The van der Waals surface area contributed by atoms with Gasteiger partial charge in [0, 0.05) is 33.5 Å². The average Bonchev–Trinajstić information content (AvgIpc) is 2.70. The SMILES string of the molecule is Cc1ccc(C(=O)Nc2ccc([N+](=O)[O-])cc2)cc1S(=O)(=O)Nc1ccc(Br)cc1. The second kappa shape index (κ2) is 8.64. The third-order valence-corrected chi connectivity index (χ3v) is 6.22. The van der Waals surface area contributed by atoms with Gasteiger partial charge in [-0.25, -0.2) is 8.42 Å². The number of non-ortho nitro benzene ring substituents is 1. The Labute approximate surface area is 181 Å². The van der Waals surface area contributed by atoms with Crippen LogP contribution in [0, 0.1) is 17.0 Å². The van der Waals surface area contributed by atoms with Crippen molar-refractivity contribution in [2.75, 3.05) is 10.0 Å². The summed E-state index contributed by atoms with van der Waals surface area (Å²) in [5.41, 5.74) is 1.25. The third-order valence-electron chi connectivity index (χ3n) is 4.17. The summed E-state index contributed by atoms with van der Waals surface area (Å²) in [6.45, 7) is 1.63. The van der Waals surface area contributed by atoms with E-state index in [1.54, 1.807) is 37.3 Å². The number of halogens is 1. The van der Waals surface area contributed by atoms with Crippen molar-refractivity contribution >= 4 is 48.9 Å². The Kier molecular flexibility index (Phi) is 6.18. The number of benzene rings is 3. The minimum absolute atomic E-state index is 0.0261. The van der Waals surface area contributed by atoms with Crippen LogP contribution in [0.5, 0.6) is 0 Å². The van der Waals surface area contributed by atoms with Crippen molar-refractivity contribution in [2.45, 2.75) is 11.8 Å². The van der Waals surface area contributed by atoms with Crippen LogP contribution in [0.4, 0.5) is 17.1 Å². The van der Waals surface area contributed by atoms with Gasteiger partial charge in [-0.2, -0.15) is 0 Å². The van der Waals surface area contributed by atoms with Crippen LogP contribution in [0.3, 0.4) is 0 Å². The van der Waals surface area contributed by atoms with Gasteiger partial charge in [0.1, 0.15) is 0 Å². The molecule has 0 aliphatic rings. The van der Waals surface area contributed by atoms with E-state index in [0.29, 0.717) is 16.9 Å². The van der Waals surface area contributed by atoms with Crippen molar-refractivity contribution in [3.05, 3.63) is 92.4 Å². The summed E-state index contributed by atoms with van der Waals surface area (Å²) >= 11 is 3.29. The fourth-order valence-corrected chi connectivity index (χ4v) is 4.22. The lowest BCUT2D eigenvalue weighted by atomic mass is 10.1. The van der Waals surface area contributed by atoms with Crippen LogP contribution in [-0.4, -0.2) is 19.2 Å². The summed E-state index contributed by atoms with van der Waals surface area (Å²) in [4.78, 5) is 22.7. The van der Waals surface area contributed by atoms with E-state index in [9.17, 15) is 23.3 Å². The molecule has 0 spiro atoms. The predicted molar refractivity (Wildman–Crippen MR) is 117 cm³/mol. The van der Waals surface area contributed by atoms with Gasteiger partial charge in [-0.1, -0.05) is 22.0 Å². The molecule has 0 saturated heterocycles. The van der Waals surface area contributed by atoms with Gasteiger partial charge in [0.05, 0.1) is 9.82 Å². The van der Waals surface area contributed by atoms with Gasteiger partial charge in [-0.3, -0.25) is 19.6 Å². The molecule has 8 nitrogen and oxygen atoms in total. The molecule has 3 aromatic rings. The second-order valence-electron chi connectivity index (χ2n) is 6.35. The van der Waals surface area contributed by atoms with E-state index in [2.05, 4.69) is 26.0 Å². The maximum atomic E-state index is 12.8. The molecular formula is C20H16BrN3O5S. The molecule has 0 unspecified atom stereocenters. The van der Waals surface area contributed by atoms with Crippen LogP contribution in [0.25, 0.3) is 0 Å². The molecule has 0 fully saturated rings. The molecule has 0 aliphatic heterocycles. The number of nitro benzene ring substituents is 1. The van der Waals surface area contributed by atoms with E-state index in [1.807, 2.05) is 0 Å². The van der Waals surface area contributed by atoms with Crippen molar-refractivity contribution in [3.63, 3.8) is 0 Å². The Morgan fingerprint density at radius 1 is 0.967 bits per heavy atom. The van der Waals surface area contributed by atoms with E-state index >= 15 is 0 Å². The number of anilines is 2. The number of hydrogen-bond donors (Lipinski definition) is 2. The molecule has 154 valence electrons. The minimum atomic E-state index is -3.92. The first-order valence-corrected chi connectivity index (χ1v) is 10.9. The van der Waals surface area contributed by atoms with Crippen molar-refractivity contribution in [2.24, 2.45) is 0 Å². The zero-order valence-electron chi connectivity index (χ0n) is 15.6. The zero-order chi connectivity index (χ0) is 21.9. The molecule has 2 N–H and O–H groups in total. The number of carbonyl (C=O) groups is 1. The number of amides is 1. The number of nitrogens with zero attached hydrogens (tertiary/aromatic N) is 1. The molecule has 0 bridgehead atoms. The highest BCUT2D eigenvalue weighted by Crippen LogP contribution is 2.23. The highest BCUT2D eigenvalue weighted by Gasteiger charge is 2.19. The minimum Gasteiger partial charge on any atom is -0.322 e. The van der Waals surface area contributed by atoms with Crippen LogP contribution in [0.1, 0.15) is 15.9 Å². The van der Waals surface area contributed by atoms with Crippen LogP contribution in [0.15, 0.2) is 76.1 Å². The lowest BCUT2D eigenvalue weighted by Crippen LogP contribution is -2.17. The van der Waals surface area contributed by atoms with E-state index in [4.69, 9.17) is 0 Å². The summed E-state index contributed by atoms with van der Waals surface area (Å²) < 4.78 is 28.9. The number of carbonyl (C=O) groups excluding carboxylic acids is 1. The highest BCUT2D eigenvalue weighted by molar-refractivity contribution is 9.10. The van der Waals surface area contributed by atoms with Crippen molar-refractivity contribution in [1.82, 2.24) is 0 Å². The summed E-state index contributed by atoms with van der Waals surface area (Å²) in [5.74, 6) is -0.538. The lowest BCUT2D eigenvalue weighted by Gasteiger charge is -2.12. The van der Waals surface area contributed by atoms with Crippen LogP contribution >= 0.6 is 15.9 Å². The van der Waals surface area contributed by atoms with E-state index < -0.39 is 20.9 Å². The summed E-state index contributed by atoms with van der Waals surface area (Å²) in [5, 5.41) is 13.3. The van der Waals surface area contributed by atoms with Gasteiger partial charge < -0.3 is 5.32 Å². The summed E-state index contributed by atoms with van der Waals surface area (Å²) in [6.07, 6.45) is 0. The van der Waals surface area contributed by atoms with E-state index in [0.717, 1.165) is 4.47 Å². The summed E-state index contributed by atoms with van der Waals surface area (Å²) in [6, 6.07) is 16.3. The first-order chi connectivity index (χ1) is 14.2. The van der Waals surface area contributed by atoms with Crippen molar-refractivity contribution in [3.8, 4) is 0 Å². The molecule has 0 aliphatic carbocycles. The van der Waals surface area contributed by atoms with Gasteiger partial charge in [-0.15, -0.1) is 0 Å². The molecule has 0 aromatic heterocycles. The molecule has 3 rings (SSSR count). The van der Waals surface area contributed by atoms with Crippen LogP contribution in [0.2, 0.25) is 0 Å². The average molecular weight is 490 g/mol. The van der Waals surface area contributed by atoms with Crippen molar-refractivity contribution < 1.29 is 18.1 Å². The summed E-state index contributed by atoms with van der Waals surface area (Å²) in [7, 11) is -3.92. The first-order valence-electron chi connectivity index (χ1n) is 8.60. The Balaban J connectivity index is 1.83. The van der Waals surface area contributed by atoms with Gasteiger partial charge >= 0.3 is 0 Å². The molecule has 0 saturated carbocycles. The first kappa shape index (κ1) is 21.5. The number of nitro groups is 1. The lowest BCUT2D eigenvalue weighted by molar-refractivity contribution is -0.384. The van der Waals surface area contributed by atoms with Gasteiger partial charge in [0.2, 0.25) is 0 Å². The smallest absolute Gasteiger partial charge is 0.269 e. The maximum absolute atomic E-state index is 12.8. The number of aryl methyl sites for hydroxylation is 1. The Morgan fingerprint density at radius 3 is 2.17 bits per heavy atom. The highest BCUT2D eigenvalue weighted by atomic mass is 79.9. The fourth-order valence-electron chi connectivity index (χ4n) is 2.63. The largest absolute Gasteiger partial charge is 0.322 e. The molecule has 30 heavy (non-hydrogen) atoms.